The second-order valence-electron chi connectivity index (χ2n) is 3.07. The number of carbonyl (C=O) groups excluding carboxylic acids is 1. The number of aryl methyl sites for hydroxylation is 1. The number of carbonyl (C=O) groups is 1. The van der Waals surface area contributed by atoms with Gasteiger partial charge in [-0.25, -0.2) is 0 Å². The van der Waals surface area contributed by atoms with Gasteiger partial charge in [-0.05, 0) is 24.1 Å². The number of benzene rings is 1. The van der Waals surface area contributed by atoms with Gasteiger partial charge in [0, 0.05) is 6.92 Å². The van der Waals surface area contributed by atoms with Crippen molar-refractivity contribution in [3.05, 3.63) is 23.8 Å². The summed E-state index contributed by atoms with van der Waals surface area (Å²) in [7, 11) is 1.59. The molecular weight excluding hydrogens is 178 g/mol. The van der Waals surface area contributed by atoms with E-state index < -0.39 is 0 Å². The third-order valence-corrected chi connectivity index (χ3v) is 1.98. The molecule has 1 aromatic carbocycles. The van der Waals surface area contributed by atoms with Crippen molar-refractivity contribution in [3.8, 4) is 5.75 Å². The number of rotatable bonds is 3. The summed E-state index contributed by atoms with van der Waals surface area (Å²) in [4.78, 5) is 10.9. The molecule has 0 radical (unpaired) electrons. The molecule has 0 aliphatic rings. The fourth-order valence-electron chi connectivity index (χ4n) is 1.26. The molecule has 1 N–H and O–H groups in total. The standard InChI is InChI=1S/C11H15NO2/c1-4-9-5-6-11(14-3)10(7-9)12-8(2)13/h5-7H,4H2,1-3H3,(H,12,13). The van der Waals surface area contributed by atoms with Crippen molar-refractivity contribution in [1.29, 1.82) is 0 Å². The van der Waals surface area contributed by atoms with Gasteiger partial charge in [-0.1, -0.05) is 13.0 Å². The summed E-state index contributed by atoms with van der Waals surface area (Å²) in [6, 6.07) is 5.79. The molecule has 0 aliphatic heterocycles. The Hall–Kier alpha value is -1.51. The van der Waals surface area contributed by atoms with Crippen LogP contribution in [0.15, 0.2) is 18.2 Å². The van der Waals surface area contributed by atoms with Gasteiger partial charge in [0.15, 0.2) is 0 Å². The van der Waals surface area contributed by atoms with Gasteiger partial charge in [0.25, 0.3) is 0 Å². The highest BCUT2D eigenvalue weighted by Crippen LogP contribution is 2.25. The minimum atomic E-state index is -0.0865. The average Bonchev–Trinajstić information content (AvgIpc) is 2.16. The molecule has 3 heteroatoms. The molecule has 1 aromatic rings. The van der Waals surface area contributed by atoms with E-state index in [0.717, 1.165) is 12.1 Å². The lowest BCUT2D eigenvalue weighted by Crippen LogP contribution is -2.07. The molecule has 0 saturated heterocycles. The molecule has 0 aliphatic carbocycles. The minimum Gasteiger partial charge on any atom is -0.495 e. The quantitative estimate of drug-likeness (QED) is 0.799. The van der Waals surface area contributed by atoms with E-state index >= 15 is 0 Å². The van der Waals surface area contributed by atoms with Crippen molar-refractivity contribution in [2.45, 2.75) is 20.3 Å². The van der Waals surface area contributed by atoms with Gasteiger partial charge < -0.3 is 10.1 Å². The maximum Gasteiger partial charge on any atom is 0.221 e. The summed E-state index contributed by atoms with van der Waals surface area (Å²) in [5.41, 5.74) is 1.91. The molecule has 0 bridgehead atoms. The lowest BCUT2D eigenvalue weighted by Gasteiger charge is -2.09. The van der Waals surface area contributed by atoms with Crippen LogP contribution in [-0.4, -0.2) is 13.0 Å². The van der Waals surface area contributed by atoms with Gasteiger partial charge in [-0.15, -0.1) is 0 Å². The average molecular weight is 193 g/mol. The summed E-state index contributed by atoms with van der Waals surface area (Å²) < 4.78 is 5.13. The van der Waals surface area contributed by atoms with Crippen LogP contribution in [0.2, 0.25) is 0 Å². The van der Waals surface area contributed by atoms with Crippen LogP contribution in [-0.2, 0) is 11.2 Å². The van der Waals surface area contributed by atoms with E-state index in [1.54, 1.807) is 7.11 Å². The molecule has 0 spiro atoms. The molecule has 14 heavy (non-hydrogen) atoms. The Morgan fingerprint density at radius 3 is 2.71 bits per heavy atom. The van der Waals surface area contributed by atoms with E-state index in [-0.39, 0.29) is 5.91 Å². The van der Waals surface area contributed by atoms with Crippen LogP contribution in [0, 0.1) is 0 Å². The predicted molar refractivity (Wildman–Crippen MR) is 56.7 cm³/mol. The molecule has 3 nitrogen and oxygen atoms in total. The zero-order valence-electron chi connectivity index (χ0n) is 8.76. The molecule has 0 atom stereocenters. The molecule has 0 fully saturated rings. The minimum absolute atomic E-state index is 0.0865. The monoisotopic (exact) mass is 193 g/mol. The van der Waals surface area contributed by atoms with E-state index in [9.17, 15) is 4.79 Å². The van der Waals surface area contributed by atoms with Gasteiger partial charge in [-0.2, -0.15) is 0 Å². The normalized spacial score (nSPS) is 9.64. The van der Waals surface area contributed by atoms with Crippen LogP contribution in [0.5, 0.6) is 5.75 Å². The molecule has 0 saturated carbocycles. The number of anilines is 1. The van der Waals surface area contributed by atoms with Gasteiger partial charge >= 0.3 is 0 Å². The highest BCUT2D eigenvalue weighted by atomic mass is 16.5. The Morgan fingerprint density at radius 1 is 1.50 bits per heavy atom. The first-order valence-electron chi connectivity index (χ1n) is 4.62. The fourth-order valence-corrected chi connectivity index (χ4v) is 1.26. The Balaban J connectivity index is 3.01. The maximum absolute atomic E-state index is 10.9. The van der Waals surface area contributed by atoms with Gasteiger partial charge in [-0.3, -0.25) is 4.79 Å². The van der Waals surface area contributed by atoms with Gasteiger partial charge in [0.05, 0.1) is 12.8 Å². The molecule has 1 amide bonds. The smallest absolute Gasteiger partial charge is 0.221 e. The number of methoxy groups -OCH3 is 1. The summed E-state index contributed by atoms with van der Waals surface area (Å²) >= 11 is 0. The van der Waals surface area contributed by atoms with Crippen LogP contribution in [0.4, 0.5) is 5.69 Å². The van der Waals surface area contributed by atoms with Crippen LogP contribution in [0.1, 0.15) is 19.4 Å². The van der Waals surface area contributed by atoms with E-state index in [1.165, 1.54) is 12.5 Å². The highest BCUT2D eigenvalue weighted by Gasteiger charge is 2.04. The first-order valence-corrected chi connectivity index (χ1v) is 4.62. The number of hydrogen-bond donors (Lipinski definition) is 1. The summed E-state index contributed by atoms with van der Waals surface area (Å²) in [5, 5.41) is 2.74. The third kappa shape index (κ3) is 2.49. The molecule has 0 heterocycles. The Labute approximate surface area is 84.1 Å². The van der Waals surface area contributed by atoms with Crippen LogP contribution < -0.4 is 10.1 Å². The molecule has 1 rings (SSSR count). The Kier molecular flexibility index (Phi) is 3.51. The Bertz CT molecular complexity index is 334. The van der Waals surface area contributed by atoms with Gasteiger partial charge in [0.2, 0.25) is 5.91 Å². The molecule has 76 valence electrons. The van der Waals surface area contributed by atoms with E-state index in [0.29, 0.717) is 5.75 Å². The first kappa shape index (κ1) is 10.6. The lowest BCUT2D eigenvalue weighted by molar-refractivity contribution is -0.114. The lowest BCUT2D eigenvalue weighted by atomic mass is 10.1. The van der Waals surface area contributed by atoms with E-state index in [1.807, 2.05) is 18.2 Å². The zero-order chi connectivity index (χ0) is 10.6. The summed E-state index contributed by atoms with van der Waals surface area (Å²) in [6.07, 6.45) is 0.941. The van der Waals surface area contributed by atoms with Crippen LogP contribution in [0.25, 0.3) is 0 Å². The SMILES string of the molecule is CCc1ccc(OC)c(NC(C)=O)c1. The fraction of sp³-hybridized carbons (Fsp3) is 0.364. The van der Waals surface area contributed by atoms with Crippen LogP contribution >= 0.6 is 0 Å². The number of ether oxygens (including phenoxy) is 1. The topological polar surface area (TPSA) is 38.3 Å². The predicted octanol–water partition coefficient (Wildman–Crippen LogP) is 2.22. The van der Waals surface area contributed by atoms with Crippen molar-refractivity contribution >= 4 is 11.6 Å². The van der Waals surface area contributed by atoms with Crippen LogP contribution in [0.3, 0.4) is 0 Å². The van der Waals surface area contributed by atoms with Crippen molar-refractivity contribution in [1.82, 2.24) is 0 Å². The third-order valence-electron chi connectivity index (χ3n) is 1.98. The van der Waals surface area contributed by atoms with E-state index in [2.05, 4.69) is 12.2 Å². The maximum atomic E-state index is 10.9. The van der Waals surface area contributed by atoms with Crippen molar-refractivity contribution in [3.63, 3.8) is 0 Å². The molecule has 0 unspecified atom stereocenters. The highest BCUT2D eigenvalue weighted by molar-refractivity contribution is 5.90. The van der Waals surface area contributed by atoms with Crippen molar-refractivity contribution in [2.24, 2.45) is 0 Å². The van der Waals surface area contributed by atoms with Gasteiger partial charge in [0.1, 0.15) is 5.75 Å². The zero-order valence-corrected chi connectivity index (χ0v) is 8.76. The number of hydrogen-bond acceptors (Lipinski definition) is 2. The summed E-state index contributed by atoms with van der Waals surface area (Å²) in [6.45, 7) is 3.55. The Morgan fingerprint density at radius 2 is 2.21 bits per heavy atom. The summed E-state index contributed by atoms with van der Waals surface area (Å²) in [5.74, 6) is 0.606. The van der Waals surface area contributed by atoms with Crippen molar-refractivity contribution < 1.29 is 9.53 Å². The second kappa shape index (κ2) is 4.65. The first-order chi connectivity index (χ1) is 6.67. The van der Waals surface area contributed by atoms with E-state index in [4.69, 9.17) is 4.74 Å². The number of nitrogens with one attached hydrogen (secondary N) is 1. The molecular formula is C11H15NO2. The largest absolute Gasteiger partial charge is 0.495 e. The second-order valence-corrected chi connectivity index (χ2v) is 3.07. The number of amides is 1. The van der Waals surface area contributed by atoms with Crippen molar-refractivity contribution in [2.75, 3.05) is 12.4 Å². The molecule has 0 aromatic heterocycles.